The average Bonchev–Trinajstić information content (AvgIpc) is 2.97. The van der Waals surface area contributed by atoms with Crippen LogP contribution < -0.4 is 11.0 Å². The van der Waals surface area contributed by atoms with E-state index in [-0.39, 0.29) is 24.7 Å². The number of halogens is 3. The molecule has 1 aliphatic heterocycles. The van der Waals surface area contributed by atoms with Gasteiger partial charge in [0, 0.05) is 26.2 Å². The van der Waals surface area contributed by atoms with Crippen LogP contribution in [0.4, 0.5) is 13.2 Å². The average molecular weight is 409 g/mol. The Morgan fingerprint density at radius 2 is 1.90 bits per heavy atom. The molecule has 2 amide bonds. The van der Waals surface area contributed by atoms with Gasteiger partial charge in [-0.1, -0.05) is 12.1 Å². The lowest BCUT2D eigenvalue weighted by atomic mass is 10.1. The number of amides is 2. The van der Waals surface area contributed by atoms with E-state index in [9.17, 15) is 27.6 Å². The predicted molar refractivity (Wildman–Crippen MR) is 96.4 cm³/mol. The van der Waals surface area contributed by atoms with E-state index < -0.39 is 17.6 Å². The summed E-state index contributed by atoms with van der Waals surface area (Å²) in [6, 6.07) is 4.35. The number of carbonyl (C=O) groups is 2. The van der Waals surface area contributed by atoms with Crippen LogP contribution in [0.15, 0.2) is 35.1 Å². The number of fused-ring (bicyclic) bond motifs is 1. The zero-order valence-corrected chi connectivity index (χ0v) is 15.4. The summed E-state index contributed by atoms with van der Waals surface area (Å²) in [5.74, 6) is -0.402. The summed E-state index contributed by atoms with van der Waals surface area (Å²) in [7, 11) is 1.53. The smallest absolute Gasteiger partial charge is 0.343 e. The minimum Gasteiger partial charge on any atom is -0.343 e. The van der Waals surface area contributed by atoms with Crippen molar-refractivity contribution in [3.05, 3.63) is 57.8 Å². The second kappa shape index (κ2) is 7.94. The maximum atomic E-state index is 12.5. The number of rotatable bonds is 4. The number of aryl methyl sites for hydroxylation is 1. The Hall–Kier alpha value is -3.37. The maximum absolute atomic E-state index is 12.5. The summed E-state index contributed by atoms with van der Waals surface area (Å²) in [6.07, 6.45) is -1.92. The first-order valence-electron chi connectivity index (χ1n) is 8.69. The van der Waals surface area contributed by atoms with Gasteiger partial charge >= 0.3 is 11.9 Å². The Kier molecular flexibility index (Phi) is 5.57. The number of hydrogen-bond donors (Lipinski definition) is 1. The van der Waals surface area contributed by atoms with Crippen molar-refractivity contribution in [1.29, 1.82) is 0 Å². The number of benzene rings is 1. The number of alkyl halides is 3. The van der Waals surface area contributed by atoms with Gasteiger partial charge in [-0.25, -0.2) is 9.48 Å². The van der Waals surface area contributed by atoms with Crippen LogP contribution in [0.1, 0.15) is 17.0 Å². The highest BCUT2D eigenvalue weighted by atomic mass is 19.4. The fourth-order valence-corrected chi connectivity index (χ4v) is 2.87. The summed E-state index contributed by atoms with van der Waals surface area (Å²) in [5.41, 5.74) is -0.595. The molecule has 2 aromatic rings. The van der Waals surface area contributed by atoms with Gasteiger partial charge in [0.1, 0.15) is 0 Å². The molecule has 3 rings (SSSR count). The first-order chi connectivity index (χ1) is 13.6. The predicted octanol–water partition coefficient (Wildman–Crippen LogP) is 0.772. The highest BCUT2D eigenvalue weighted by Crippen LogP contribution is 2.29. The quantitative estimate of drug-likeness (QED) is 0.756. The number of nitrogens with one attached hydrogen (secondary N) is 1. The molecule has 0 saturated carbocycles. The summed E-state index contributed by atoms with van der Waals surface area (Å²) in [6.45, 7) is 0.587. The summed E-state index contributed by atoms with van der Waals surface area (Å²) in [5, 5.41) is 6.50. The lowest BCUT2D eigenvalue weighted by Gasteiger charge is -2.26. The molecule has 0 aliphatic carbocycles. The van der Waals surface area contributed by atoms with Crippen LogP contribution in [-0.2, 0) is 35.9 Å². The molecule has 0 fully saturated rings. The van der Waals surface area contributed by atoms with Gasteiger partial charge in [-0.3, -0.25) is 14.2 Å². The normalized spacial score (nSPS) is 14.1. The van der Waals surface area contributed by atoms with Crippen molar-refractivity contribution in [2.24, 2.45) is 7.05 Å². The molecule has 1 aliphatic rings. The van der Waals surface area contributed by atoms with E-state index in [0.29, 0.717) is 24.5 Å². The summed E-state index contributed by atoms with van der Waals surface area (Å²) in [4.78, 5) is 37.4. The fourth-order valence-electron chi connectivity index (χ4n) is 2.87. The third-order valence-corrected chi connectivity index (χ3v) is 4.44. The summed E-state index contributed by atoms with van der Waals surface area (Å²) < 4.78 is 40.3. The van der Waals surface area contributed by atoms with E-state index >= 15 is 0 Å². The lowest BCUT2D eigenvalue weighted by molar-refractivity contribution is -0.137. The molecule has 29 heavy (non-hydrogen) atoms. The van der Waals surface area contributed by atoms with Crippen molar-refractivity contribution in [3.8, 4) is 0 Å². The first kappa shape index (κ1) is 20.4. The van der Waals surface area contributed by atoms with Crippen molar-refractivity contribution in [3.63, 3.8) is 0 Å². The zero-order chi connectivity index (χ0) is 21.2. The van der Waals surface area contributed by atoms with Crippen LogP contribution in [-0.4, -0.2) is 44.2 Å². The molecule has 0 spiro atoms. The molecular weight excluding hydrogens is 391 g/mol. The largest absolute Gasteiger partial charge is 0.416 e. The number of hydrogen-bond acceptors (Lipinski definition) is 4. The molecule has 154 valence electrons. The number of aromatic nitrogens is 3. The molecule has 1 aromatic heterocycles. The molecular formula is C18H18F3N5O3. The van der Waals surface area contributed by atoms with E-state index in [1.165, 1.54) is 39.4 Å². The molecule has 0 bridgehead atoms. The van der Waals surface area contributed by atoms with Crippen LogP contribution in [0.3, 0.4) is 0 Å². The Morgan fingerprint density at radius 3 is 2.55 bits per heavy atom. The van der Waals surface area contributed by atoms with Crippen molar-refractivity contribution >= 4 is 17.9 Å². The Morgan fingerprint density at radius 1 is 1.21 bits per heavy atom. The van der Waals surface area contributed by atoms with E-state index in [4.69, 9.17) is 0 Å². The second-order valence-electron chi connectivity index (χ2n) is 6.46. The SMILES string of the molecule is Cn1nc2n(c1=O)CCN(C(=O)CNC(=O)/C=C/c1ccc(C(F)(F)F)cc1)C2. The number of nitrogens with zero attached hydrogens (tertiary/aromatic N) is 4. The molecule has 1 N–H and O–H groups in total. The van der Waals surface area contributed by atoms with Crippen LogP contribution in [0.2, 0.25) is 0 Å². The minimum atomic E-state index is -4.42. The third kappa shape index (κ3) is 4.73. The van der Waals surface area contributed by atoms with E-state index in [1.807, 2.05) is 0 Å². The van der Waals surface area contributed by atoms with Gasteiger partial charge in [-0.2, -0.15) is 18.3 Å². The molecule has 11 heteroatoms. The standard InChI is InChI=1S/C18H18F3N5O3/c1-24-17(29)26-9-8-25(11-14(26)23-24)16(28)10-22-15(27)7-4-12-2-5-13(6-3-12)18(19,20)21/h2-7H,8-11H2,1H3,(H,22,27)/b7-4+. The van der Waals surface area contributed by atoms with E-state index in [2.05, 4.69) is 10.4 Å². The van der Waals surface area contributed by atoms with E-state index in [1.54, 1.807) is 0 Å². The molecule has 0 atom stereocenters. The van der Waals surface area contributed by atoms with Crippen LogP contribution in [0, 0.1) is 0 Å². The molecule has 0 unspecified atom stereocenters. The minimum absolute atomic E-state index is 0.173. The van der Waals surface area contributed by atoms with Gasteiger partial charge in [0.05, 0.1) is 18.7 Å². The maximum Gasteiger partial charge on any atom is 0.416 e. The molecule has 1 aromatic carbocycles. The molecule has 0 radical (unpaired) electrons. The van der Waals surface area contributed by atoms with Crippen molar-refractivity contribution in [2.75, 3.05) is 13.1 Å². The summed E-state index contributed by atoms with van der Waals surface area (Å²) >= 11 is 0. The first-order valence-corrected chi connectivity index (χ1v) is 8.69. The van der Waals surface area contributed by atoms with Crippen molar-refractivity contribution in [2.45, 2.75) is 19.3 Å². The van der Waals surface area contributed by atoms with Crippen LogP contribution in [0.5, 0.6) is 0 Å². The zero-order valence-electron chi connectivity index (χ0n) is 15.4. The number of carbonyl (C=O) groups excluding carboxylic acids is 2. The van der Waals surface area contributed by atoms with Gasteiger partial charge in [-0.05, 0) is 23.8 Å². The van der Waals surface area contributed by atoms with E-state index in [0.717, 1.165) is 18.2 Å². The van der Waals surface area contributed by atoms with Gasteiger partial charge in [0.15, 0.2) is 5.82 Å². The van der Waals surface area contributed by atoms with Gasteiger partial charge in [0.25, 0.3) is 0 Å². The second-order valence-corrected chi connectivity index (χ2v) is 6.46. The Balaban J connectivity index is 1.51. The van der Waals surface area contributed by atoms with Crippen LogP contribution >= 0.6 is 0 Å². The van der Waals surface area contributed by atoms with Gasteiger partial charge in [0.2, 0.25) is 11.8 Å². The monoisotopic (exact) mass is 409 g/mol. The lowest BCUT2D eigenvalue weighted by Crippen LogP contribution is -2.45. The Bertz CT molecular complexity index is 1010. The van der Waals surface area contributed by atoms with Crippen LogP contribution in [0.25, 0.3) is 6.08 Å². The fraction of sp³-hybridized carbons (Fsp3) is 0.333. The molecule has 2 heterocycles. The van der Waals surface area contributed by atoms with Crippen molar-refractivity contribution in [1.82, 2.24) is 24.6 Å². The highest BCUT2D eigenvalue weighted by molar-refractivity contribution is 5.94. The third-order valence-electron chi connectivity index (χ3n) is 4.44. The highest BCUT2D eigenvalue weighted by Gasteiger charge is 2.29. The molecule has 0 saturated heterocycles. The Labute approximate surface area is 163 Å². The van der Waals surface area contributed by atoms with Crippen molar-refractivity contribution < 1.29 is 22.8 Å². The van der Waals surface area contributed by atoms with Gasteiger partial charge in [-0.15, -0.1) is 0 Å². The van der Waals surface area contributed by atoms with Gasteiger partial charge < -0.3 is 10.2 Å². The molecule has 8 nitrogen and oxygen atoms in total. The topological polar surface area (TPSA) is 89.2 Å².